The van der Waals surface area contributed by atoms with Crippen LogP contribution in [0, 0.1) is 11.3 Å². The van der Waals surface area contributed by atoms with Crippen LogP contribution in [-0.2, 0) is 11.3 Å². The molecule has 3 heterocycles. The molecule has 0 bridgehead atoms. The summed E-state index contributed by atoms with van der Waals surface area (Å²) in [6, 6.07) is 16.7. The van der Waals surface area contributed by atoms with Gasteiger partial charge in [-0.3, -0.25) is 9.36 Å². The van der Waals surface area contributed by atoms with Crippen LogP contribution in [0.5, 0.6) is 0 Å². The van der Waals surface area contributed by atoms with E-state index in [2.05, 4.69) is 15.0 Å². The summed E-state index contributed by atoms with van der Waals surface area (Å²) in [4.78, 5) is 25.4. The van der Waals surface area contributed by atoms with E-state index in [1.54, 1.807) is 16.7 Å². The molecule has 9 heteroatoms. The Kier molecular flexibility index (Phi) is 5.86. The first-order valence-electron chi connectivity index (χ1n) is 10.7. The molecule has 1 atom stereocenters. The van der Waals surface area contributed by atoms with Gasteiger partial charge in [0.15, 0.2) is 11.0 Å². The summed E-state index contributed by atoms with van der Waals surface area (Å²) in [5.41, 5.74) is 2.01. The van der Waals surface area contributed by atoms with E-state index in [1.165, 1.54) is 11.8 Å². The summed E-state index contributed by atoms with van der Waals surface area (Å²) in [5, 5.41) is 21.4. The van der Waals surface area contributed by atoms with E-state index in [-0.39, 0.29) is 28.7 Å². The lowest BCUT2D eigenvalue weighted by molar-refractivity contribution is 0.0937. The second-order valence-electron chi connectivity index (χ2n) is 7.79. The first-order chi connectivity index (χ1) is 16.1. The molecule has 33 heavy (non-hydrogen) atoms. The van der Waals surface area contributed by atoms with Gasteiger partial charge in [0.05, 0.1) is 40.3 Å². The van der Waals surface area contributed by atoms with Gasteiger partial charge in [0.25, 0.3) is 5.56 Å². The number of thioether (sulfide) groups is 1. The first kappa shape index (κ1) is 21.2. The summed E-state index contributed by atoms with van der Waals surface area (Å²) in [7, 11) is 0. The molecule has 166 valence electrons. The maximum atomic E-state index is 13.2. The van der Waals surface area contributed by atoms with Crippen LogP contribution in [0.1, 0.15) is 18.7 Å². The number of ether oxygens (including phenoxy) is 1. The van der Waals surface area contributed by atoms with Gasteiger partial charge >= 0.3 is 0 Å². The van der Waals surface area contributed by atoms with Gasteiger partial charge in [0.1, 0.15) is 17.4 Å². The van der Waals surface area contributed by atoms with E-state index in [0.717, 1.165) is 18.4 Å². The summed E-state index contributed by atoms with van der Waals surface area (Å²) in [6.45, 7) is 1.09. The van der Waals surface area contributed by atoms with Crippen molar-refractivity contribution in [3.8, 4) is 6.07 Å². The van der Waals surface area contributed by atoms with Gasteiger partial charge in [-0.2, -0.15) is 5.26 Å². The number of imidazole rings is 1. The zero-order chi connectivity index (χ0) is 22.8. The Bertz CT molecular complexity index is 1430. The van der Waals surface area contributed by atoms with Gasteiger partial charge in [0, 0.05) is 6.61 Å². The number of aliphatic hydroxyl groups excluding tert-OH is 1. The van der Waals surface area contributed by atoms with Crippen LogP contribution >= 0.6 is 11.8 Å². The number of allylic oxidation sites excluding steroid dienone is 1. The molecule has 2 aromatic heterocycles. The number of nitriles is 1. The molecule has 0 saturated carbocycles. The van der Waals surface area contributed by atoms with Gasteiger partial charge in [-0.25, -0.2) is 9.97 Å². The summed E-state index contributed by atoms with van der Waals surface area (Å²) in [6.07, 6.45) is 1.81. The average Bonchev–Trinajstić information content (AvgIpc) is 3.50. The summed E-state index contributed by atoms with van der Waals surface area (Å²) >= 11 is 1.21. The topological polar surface area (TPSA) is 117 Å². The van der Waals surface area contributed by atoms with Crippen molar-refractivity contribution in [2.75, 3.05) is 12.4 Å². The van der Waals surface area contributed by atoms with Crippen molar-refractivity contribution >= 4 is 39.3 Å². The van der Waals surface area contributed by atoms with Crippen molar-refractivity contribution in [1.82, 2.24) is 19.5 Å². The number of aromatic amines is 1. The van der Waals surface area contributed by atoms with Crippen LogP contribution in [0.3, 0.4) is 0 Å². The number of para-hydroxylation sites is 3. The number of aliphatic hydroxyl groups is 1. The van der Waals surface area contributed by atoms with E-state index in [0.29, 0.717) is 40.6 Å². The highest BCUT2D eigenvalue weighted by Crippen LogP contribution is 2.25. The van der Waals surface area contributed by atoms with Crippen LogP contribution in [0.15, 0.2) is 64.2 Å². The molecule has 1 aliphatic rings. The molecule has 0 aliphatic carbocycles. The molecule has 0 radical (unpaired) electrons. The molecule has 1 aliphatic heterocycles. The molecular formula is C24H21N5O3S. The van der Waals surface area contributed by atoms with Gasteiger partial charge in [-0.15, -0.1) is 0 Å². The fourth-order valence-corrected chi connectivity index (χ4v) is 4.83. The largest absolute Gasteiger partial charge is 0.510 e. The lowest BCUT2D eigenvalue weighted by atomic mass is 10.2. The van der Waals surface area contributed by atoms with Crippen molar-refractivity contribution in [2.45, 2.75) is 30.6 Å². The molecule has 8 nitrogen and oxygen atoms in total. The van der Waals surface area contributed by atoms with Crippen molar-refractivity contribution in [3.63, 3.8) is 0 Å². The van der Waals surface area contributed by atoms with Crippen LogP contribution in [0.2, 0.25) is 0 Å². The number of aromatic nitrogens is 4. The van der Waals surface area contributed by atoms with Crippen LogP contribution < -0.4 is 5.56 Å². The number of nitrogens with zero attached hydrogens (tertiary/aromatic N) is 4. The number of benzene rings is 2. The maximum absolute atomic E-state index is 13.2. The predicted octanol–water partition coefficient (Wildman–Crippen LogP) is 4.04. The number of H-pyrrole nitrogens is 1. The highest BCUT2D eigenvalue weighted by Gasteiger charge is 2.21. The van der Waals surface area contributed by atoms with Crippen molar-refractivity contribution < 1.29 is 9.84 Å². The molecular weight excluding hydrogens is 438 g/mol. The number of rotatable bonds is 6. The zero-order valence-electron chi connectivity index (χ0n) is 17.7. The second-order valence-corrected chi connectivity index (χ2v) is 8.73. The third-order valence-electron chi connectivity index (χ3n) is 5.60. The molecule has 1 saturated heterocycles. The lowest BCUT2D eigenvalue weighted by Crippen LogP contribution is -2.28. The molecule has 1 fully saturated rings. The number of nitrogens with one attached hydrogen (secondary N) is 1. The van der Waals surface area contributed by atoms with Crippen LogP contribution in [0.4, 0.5) is 0 Å². The lowest BCUT2D eigenvalue weighted by Gasteiger charge is -2.16. The Morgan fingerprint density at radius 3 is 2.76 bits per heavy atom. The molecule has 5 rings (SSSR count). The van der Waals surface area contributed by atoms with Crippen LogP contribution in [-0.4, -0.2) is 43.1 Å². The monoisotopic (exact) mass is 459 g/mol. The first-order valence-corrected chi connectivity index (χ1v) is 11.6. The van der Waals surface area contributed by atoms with E-state index in [9.17, 15) is 15.2 Å². The molecule has 0 spiro atoms. The Morgan fingerprint density at radius 1 is 1.21 bits per heavy atom. The molecule has 1 unspecified atom stereocenters. The Hall–Kier alpha value is -3.61. The second kappa shape index (κ2) is 9.10. The zero-order valence-corrected chi connectivity index (χ0v) is 18.5. The van der Waals surface area contributed by atoms with Gasteiger partial charge in [-0.05, 0) is 37.1 Å². The molecule has 0 amide bonds. The SMILES string of the molecule is N#C/C(=C(/O)CSc1nc2ccccc2c(=O)n1CC1CCCO1)c1nc2ccccc2[nH]1. The molecule has 4 aromatic rings. The minimum Gasteiger partial charge on any atom is -0.510 e. The van der Waals surface area contributed by atoms with Crippen molar-refractivity contribution in [1.29, 1.82) is 5.26 Å². The fourth-order valence-electron chi connectivity index (χ4n) is 3.94. The minimum absolute atomic E-state index is 0.0423. The van der Waals surface area contributed by atoms with E-state index in [4.69, 9.17) is 4.74 Å². The third kappa shape index (κ3) is 4.23. The quantitative estimate of drug-likeness (QED) is 0.193. The van der Waals surface area contributed by atoms with Crippen molar-refractivity contribution in [3.05, 3.63) is 70.5 Å². The van der Waals surface area contributed by atoms with E-state index >= 15 is 0 Å². The van der Waals surface area contributed by atoms with E-state index in [1.807, 2.05) is 42.5 Å². The fraction of sp³-hybridized carbons (Fsp3) is 0.250. The number of hydrogen-bond acceptors (Lipinski definition) is 7. The third-order valence-corrected chi connectivity index (χ3v) is 6.59. The summed E-state index contributed by atoms with van der Waals surface area (Å²) < 4.78 is 7.35. The van der Waals surface area contributed by atoms with Crippen LogP contribution in [0.25, 0.3) is 27.5 Å². The normalized spacial score (nSPS) is 16.8. The maximum Gasteiger partial charge on any atom is 0.262 e. The number of fused-ring (bicyclic) bond motifs is 2. The van der Waals surface area contributed by atoms with E-state index < -0.39 is 0 Å². The van der Waals surface area contributed by atoms with Gasteiger partial charge in [-0.1, -0.05) is 36.0 Å². The average molecular weight is 460 g/mol. The Labute approximate surface area is 193 Å². The van der Waals surface area contributed by atoms with Gasteiger partial charge < -0.3 is 14.8 Å². The summed E-state index contributed by atoms with van der Waals surface area (Å²) in [5.74, 6) is 0.239. The minimum atomic E-state index is -0.139. The smallest absolute Gasteiger partial charge is 0.262 e. The van der Waals surface area contributed by atoms with Crippen molar-refractivity contribution in [2.24, 2.45) is 0 Å². The number of hydrogen-bond donors (Lipinski definition) is 2. The standard InChI is InChI=1S/C24H21N5O3S/c25-12-17(22-26-19-9-3-4-10-20(19)27-22)21(30)14-33-24-28-18-8-2-1-7-16(18)23(31)29(24)13-15-6-5-11-32-15/h1-4,7-10,15,30H,5-6,11,13-14H2,(H,26,27)/b21-17-. The molecule has 2 N–H and O–H groups in total. The Balaban J connectivity index is 1.48. The highest BCUT2D eigenvalue weighted by molar-refractivity contribution is 7.99. The van der Waals surface area contributed by atoms with Gasteiger partial charge in [0.2, 0.25) is 0 Å². The Morgan fingerprint density at radius 2 is 2.00 bits per heavy atom. The molecule has 2 aromatic carbocycles. The highest BCUT2D eigenvalue weighted by atomic mass is 32.2. The predicted molar refractivity (Wildman–Crippen MR) is 127 cm³/mol.